The summed E-state index contributed by atoms with van der Waals surface area (Å²) >= 11 is 0. The fourth-order valence-corrected chi connectivity index (χ4v) is 2.86. The molecule has 2 rings (SSSR count). The fourth-order valence-electron chi connectivity index (χ4n) is 2.86. The second-order valence-electron chi connectivity index (χ2n) is 5.27. The lowest BCUT2D eigenvalue weighted by Gasteiger charge is -2.38. The lowest BCUT2D eigenvalue weighted by atomic mass is 9.70. The number of carbonyl (C=O) groups excluding carboxylic acids is 2. The number of allylic oxidation sites excluding steroid dienone is 3. The highest BCUT2D eigenvalue weighted by atomic mass is 16.2. The molecule has 3 heteroatoms. The normalized spacial score (nSPS) is 29.1. The van der Waals surface area contributed by atoms with Crippen LogP contribution < -0.4 is 0 Å². The Morgan fingerprint density at radius 1 is 1.24 bits per heavy atom. The van der Waals surface area contributed by atoms with Crippen LogP contribution >= 0.6 is 0 Å². The van der Waals surface area contributed by atoms with Gasteiger partial charge in [0.05, 0.1) is 0 Å². The van der Waals surface area contributed by atoms with Crippen LogP contribution in [-0.4, -0.2) is 23.6 Å². The summed E-state index contributed by atoms with van der Waals surface area (Å²) < 4.78 is 0. The first-order valence-corrected chi connectivity index (χ1v) is 6.06. The zero-order chi connectivity index (χ0) is 12.7. The van der Waals surface area contributed by atoms with Crippen molar-refractivity contribution in [3.05, 3.63) is 22.9 Å². The summed E-state index contributed by atoms with van der Waals surface area (Å²) in [6, 6.07) is 0. The molecule has 0 N–H and O–H groups in total. The highest BCUT2D eigenvalue weighted by Crippen LogP contribution is 2.41. The van der Waals surface area contributed by atoms with Crippen LogP contribution in [0.5, 0.6) is 0 Å². The van der Waals surface area contributed by atoms with Gasteiger partial charge in [-0.1, -0.05) is 11.1 Å². The van der Waals surface area contributed by atoms with E-state index in [9.17, 15) is 9.59 Å². The van der Waals surface area contributed by atoms with Crippen molar-refractivity contribution in [1.82, 2.24) is 4.90 Å². The van der Waals surface area contributed by atoms with E-state index in [1.54, 1.807) is 25.1 Å². The van der Waals surface area contributed by atoms with Gasteiger partial charge < -0.3 is 4.90 Å². The van der Waals surface area contributed by atoms with E-state index in [2.05, 4.69) is 13.8 Å². The number of hydrogen-bond acceptors (Lipinski definition) is 2. The zero-order valence-corrected chi connectivity index (χ0v) is 10.9. The summed E-state index contributed by atoms with van der Waals surface area (Å²) in [5.74, 6) is 0.297. The molecule has 2 atom stereocenters. The molecule has 0 saturated carbocycles. The van der Waals surface area contributed by atoms with Crippen molar-refractivity contribution in [2.24, 2.45) is 11.8 Å². The van der Waals surface area contributed by atoms with Crippen molar-refractivity contribution in [1.29, 1.82) is 0 Å². The number of nitrogens with zero attached hydrogens (tertiary/aromatic N) is 1. The second-order valence-corrected chi connectivity index (χ2v) is 5.27. The predicted molar refractivity (Wildman–Crippen MR) is 66.1 cm³/mol. The Morgan fingerprint density at radius 3 is 2.29 bits per heavy atom. The summed E-state index contributed by atoms with van der Waals surface area (Å²) in [7, 11) is 1.74. The first kappa shape index (κ1) is 12.1. The van der Waals surface area contributed by atoms with E-state index in [0.717, 1.165) is 18.4 Å². The molecule has 0 aromatic heterocycles. The summed E-state index contributed by atoms with van der Waals surface area (Å²) in [5, 5.41) is 0. The van der Waals surface area contributed by atoms with E-state index in [0.29, 0.717) is 0 Å². The van der Waals surface area contributed by atoms with Crippen molar-refractivity contribution in [2.45, 2.75) is 33.6 Å². The van der Waals surface area contributed by atoms with Crippen molar-refractivity contribution in [3.8, 4) is 0 Å². The average Bonchev–Trinajstić information content (AvgIpc) is 2.26. The highest BCUT2D eigenvalue weighted by molar-refractivity contribution is 5.97. The molecule has 3 nitrogen and oxygen atoms in total. The maximum absolute atomic E-state index is 12.1. The Kier molecular flexibility index (Phi) is 2.94. The van der Waals surface area contributed by atoms with Crippen LogP contribution in [0.3, 0.4) is 0 Å². The van der Waals surface area contributed by atoms with Crippen molar-refractivity contribution in [3.63, 3.8) is 0 Å². The summed E-state index contributed by atoms with van der Waals surface area (Å²) in [6.45, 7) is 5.78. The average molecular weight is 233 g/mol. The van der Waals surface area contributed by atoms with Crippen LogP contribution in [0.2, 0.25) is 0 Å². The summed E-state index contributed by atoms with van der Waals surface area (Å²) in [6.07, 6.45) is 3.37. The van der Waals surface area contributed by atoms with Gasteiger partial charge in [-0.25, -0.2) is 0 Å². The van der Waals surface area contributed by atoms with Crippen LogP contribution in [-0.2, 0) is 9.59 Å². The van der Waals surface area contributed by atoms with Crippen molar-refractivity contribution < 1.29 is 9.59 Å². The quantitative estimate of drug-likeness (QED) is 0.652. The minimum Gasteiger partial charge on any atom is -0.321 e. The predicted octanol–water partition coefficient (Wildman–Crippen LogP) is 2.29. The van der Waals surface area contributed by atoms with Gasteiger partial charge in [-0.15, -0.1) is 0 Å². The third-order valence-corrected chi connectivity index (χ3v) is 4.07. The molecule has 17 heavy (non-hydrogen) atoms. The van der Waals surface area contributed by atoms with Gasteiger partial charge in [0.15, 0.2) is 5.78 Å². The molecule has 0 saturated heterocycles. The van der Waals surface area contributed by atoms with Crippen molar-refractivity contribution >= 4 is 11.7 Å². The molecule has 0 spiro atoms. The van der Waals surface area contributed by atoms with Crippen LogP contribution in [0.4, 0.5) is 0 Å². The molecule has 0 aromatic rings. The third kappa shape index (κ3) is 1.94. The topological polar surface area (TPSA) is 37.4 Å². The molecular formula is C14H19NO2. The number of ketones is 1. The van der Waals surface area contributed by atoms with Crippen LogP contribution in [0.25, 0.3) is 0 Å². The van der Waals surface area contributed by atoms with E-state index in [4.69, 9.17) is 0 Å². The Balaban J connectivity index is 2.43. The molecule has 0 fully saturated rings. The first-order valence-electron chi connectivity index (χ1n) is 6.06. The van der Waals surface area contributed by atoms with E-state index < -0.39 is 0 Å². The monoisotopic (exact) mass is 233 g/mol. The first-order chi connectivity index (χ1) is 7.91. The Morgan fingerprint density at radius 2 is 1.76 bits per heavy atom. The van der Waals surface area contributed by atoms with Crippen molar-refractivity contribution in [2.75, 3.05) is 7.05 Å². The van der Waals surface area contributed by atoms with E-state index in [1.165, 1.54) is 11.1 Å². The smallest absolute Gasteiger partial charge is 0.230 e. The lowest BCUT2D eigenvalue weighted by molar-refractivity contribution is -0.134. The van der Waals surface area contributed by atoms with Crippen LogP contribution in [0.15, 0.2) is 22.9 Å². The molecule has 0 radical (unpaired) electrons. The SMILES string of the molecule is CC(=O)C1=CN(C)C(=O)[C@@H]2CC(C)=C(C)C[C@H]12. The molecule has 1 amide bonds. The maximum atomic E-state index is 12.1. The fraction of sp³-hybridized carbons (Fsp3) is 0.571. The molecule has 0 unspecified atom stereocenters. The number of carbonyl (C=O) groups is 2. The largest absolute Gasteiger partial charge is 0.321 e. The Labute approximate surface area is 102 Å². The van der Waals surface area contributed by atoms with E-state index >= 15 is 0 Å². The van der Waals surface area contributed by atoms with Gasteiger partial charge in [0.2, 0.25) is 5.91 Å². The maximum Gasteiger partial charge on any atom is 0.230 e. The molecule has 1 heterocycles. The molecule has 0 bridgehead atoms. The number of hydrogen-bond donors (Lipinski definition) is 0. The van der Waals surface area contributed by atoms with Crippen LogP contribution in [0, 0.1) is 11.8 Å². The van der Waals surface area contributed by atoms with Gasteiger partial charge in [0.25, 0.3) is 0 Å². The van der Waals surface area contributed by atoms with Gasteiger partial charge >= 0.3 is 0 Å². The standard InChI is InChI=1S/C14H19NO2/c1-8-5-11-12(6-9(8)2)14(17)15(4)7-13(11)10(3)16/h7,11-12H,5-6H2,1-4H3/t11-,12+/m0/s1. The third-order valence-electron chi connectivity index (χ3n) is 4.07. The summed E-state index contributed by atoms with van der Waals surface area (Å²) in [4.78, 5) is 25.4. The number of fused-ring (bicyclic) bond motifs is 1. The molecule has 0 aromatic carbocycles. The van der Waals surface area contributed by atoms with Gasteiger partial charge in [-0.05, 0) is 33.6 Å². The number of amides is 1. The molecule has 2 aliphatic rings. The number of rotatable bonds is 1. The van der Waals surface area contributed by atoms with Gasteiger partial charge in [0.1, 0.15) is 0 Å². The van der Waals surface area contributed by atoms with Gasteiger partial charge in [-0.2, -0.15) is 0 Å². The Bertz CT molecular complexity index is 445. The minimum atomic E-state index is -0.0346. The van der Waals surface area contributed by atoms with Gasteiger partial charge in [0, 0.05) is 30.7 Å². The zero-order valence-electron chi connectivity index (χ0n) is 10.9. The molecule has 1 aliphatic carbocycles. The molecular weight excluding hydrogens is 214 g/mol. The van der Waals surface area contributed by atoms with E-state index in [1.807, 2.05) is 0 Å². The lowest BCUT2D eigenvalue weighted by Crippen LogP contribution is -2.42. The number of Topliss-reactive ketones (excluding diaryl/α,β-unsaturated/α-hetero) is 1. The molecule has 1 aliphatic heterocycles. The Hall–Kier alpha value is -1.38. The second kappa shape index (κ2) is 4.13. The minimum absolute atomic E-state index is 0.0346. The van der Waals surface area contributed by atoms with E-state index in [-0.39, 0.29) is 23.5 Å². The highest BCUT2D eigenvalue weighted by Gasteiger charge is 2.40. The summed E-state index contributed by atoms with van der Waals surface area (Å²) in [5.41, 5.74) is 3.44. The molecule has 92 valence electrons. The van der Waals surface area contributed by atoms with Crippen LogP contribution in [0.1, 0.15) is 33.6 Å². The van der Waals surface area contributed by atoms with Gasteiger partial charge in [-0.3, -0.25) is 9.59 Å².